The van der Waals surface area contributed by atoms with Gasteiger partial charge >= 0.3 is 0 Å². The summed E-state index contributed by atoms with van der Waals surface area (Å²) in [6.45, 7) is 0. The molecule has 7 aromatic rings. The maximum atomic E-state index is 2.40. The first-order valence-electron chi connectivity index (χ1n) is 13.2. The van der Waals surface area contributed by atoms with Crippen molar-refractivity contribution in [2.24, 2.45) is 0 Å². The van der Waals surface area contributed by atoms with Gasteiger partial charge in [-0.1, -0.05) is 109 Å². The zero-order valence-corrected chi connectivity index (χ0v) is 20.9. The predicted molar refractivity (Wildman–Crippen MR) is 159 cm³/mol. The van der Waals surface area contributed by atoms with Crippen LogP contribution in [0.15, 0.2) is 146 Å². The van der Waals surface area contributed by atoms with E-state index in [9.17, 15) is 0 Å². The zero-order chi connectivity index (χ0) is 25.1. The van der Waals surface area contributed by atoms with Crippen molar-refractivity contribution in [3.05, 3.63) is 162 Å². The van der Waals surface area contributed by atoms with Crippen LogP contribution in [-0.4, -0.2) is 4.57 Å². The van der Waals surface area contributed by atoms with E-state index in [0.717, 1.165) is 0 Å². The maximum Gasteiger partial charge on any atom is 0.0541 e. The van der Waals surface area contributed by atoms with E-state index < -0.39 is 0 Å². The fraction of sp³-hybridized carbons (Fsp3) is 0.0270. The molecule has 0 radical (unpaired) electrons. The van der Waals surface area contributed by atoms with Gasteiger partial charge in [0.25, 0.3) is 0 Å². The fourth-order valence-electron chi connectivity index (χ4n) is 6.39. The van der Waals surface area contributed by atoms with Gasteiger partial charge in [0.05, 0.1) is 11.0 Å². The molecule has 1 nitrogen and oxygen atoms in total. The molecule has 6 aromatic carbocycles. The number of nitrogens with zero attached hydrogens (tertiary/aromatic N) is 1. The van der Waals surface area contributed by atoms with Gasteiger partial charge in [0, 0.05) is 22.4 Å². The van der Waals surface area contributed by atoms with Gasteiger partial charge in [-0.25, -0.2) is 0 Å². The highest BCUT2D eigenvalue weighted by Crippen LogP contribution is 2.49. The summed E-state index contributed by atoms with van der Waals surface area (Å²) in [5, 5.41) is 2.56. The minimum atomic E-state index is 0.280. The van der Waals surface area contributed by atoms with E-state index in [0.29, 0.717) is 0 Å². The second kappa shape index (κ2) is 8.33. The molecule has 1 atom stereocenters. The Balaban J connectivity index is 1.31. The lowest BCUT2D eigenvalue weighted by Gasteiger charge is -2.14. The summed E-state index contributed by atoms with van der Waals surface area (Å²) < 4.78 is 2.37. The molecule has 0 spiro atoms. The minimum Gasteiger partial charge on any atom is -0.309 e. The first kappa shape index (κ1) is 21.2. The van der Waals surface area contributed by atoms with E-state index in [1.807, 2.05) is 0 Å². The van der Waals surface area contributed by atoms with Crippen LogP contribution in [0.5, 0.6) is 0 Å². The van der Waals surface area contributed by atoms with Gasteiger partial charge < -0.3 is 4.57 Å². The van der Waals surface area contributed by atoms with Gasteiger partial charge in [-0.2, -0.15) is 0 Å². The van der Waals surface area contributed by atoms with Gasteiger partial charge in [0.1, 0.15) is 0 Å². The van der Waals surface area contributed by atoms with E-state index in [4.69, 9.17) is 0 Å². The summed E-state index contributed by atoms with van der Waals surface area (Å²) in [5.74, 6) is 0.280. The molecule has 0 amide bonds. The molecule has 0 N–H and O–H groups in total. The number of benzene rings is 6. The van der Waals surface area contributed by atoms with Crippen LogP contribution in [-0.2, 0) is 0 Å². The van der Waals surface area contributed by atoms with Gasteiger partial charge in [0.15, 0.2) is 0 Å². The van der Waals surface area contributed by atoms with Crippen LogP contribution >= 0.6 is 0 Å². The highest BCUT2D eigenvalue weighted by atomic mass is 15.0. The average molecular weight is 484 g/mol. The molecular weight excluding hydrogens is 458 g/mol. The van der Waals surface area contributed by atoms with Crippen LogP contribution in [0.1, 0.15) is 22.6 Å². The Bertz CT molecular complexity index is 1960. The largest absolute Gasteiger partial charge is 0.309 e. The summed E-state index contributed by atoms with van der Waals surface area (Å²) in [6, 6.07) is 53.1. The van der Waals surface area contributed by atoms with Crippen LogP contribution in [0.3, 0.4) is 0 Å². The number of fused-ring (bicyclic) bond motifs is 6. The van der Waals surface area contributed by atoms with Crippen LogP contribution in [0.25, 0.3) is 49.7 Å². The number of aromatic nitrogens is 1. The molecule has 1 unspecified atom stereocenters. The quantitative estimate of drug-likeness (QED) is 0.236. The van der Waals surface area contributed by atoms with Crippen molar-refractivity contribution >= 4 is 21.8 Å². The lowest BCUT2D eigenvalue weighted by molar-refractivity contribution is 1.02. The van der Waals surface area contributed by atoms with Crippen LogP contribution < -0.4 is 0 Å². The van der Waals surface area contributed by atoms with Crippen LogP contribution in [0.2, 0.25) is 0 Å². The second-order valence-electron chi connectivity index (χ2n) is 10.2. The smallest absolute Gasteiger partial charge is 0.0541 e. The van der Waals surface area contributed by atoms with Gasteiger partial charge in [-0.3, -0.25) is 0 Å². The number of para-hydroxylation sites is 2. The number of rotatable bonds is 3. The van der Waals surface area contributed by atoms with Gasteiger partial charge in [-0.05, 0) is 75.3 Å². The highest BCUT2D eigenvalue weighted by molar-refractivity contribution is 6.10. The molecule has 1 aliphatic carbocycles. The summed E-state index contributed by atoms with van der Waals surface area (Å²) in [7, 11) is 0. The Labute approximate surface area is 222 Å². The Morgan fingerprint density at radius 1 is 0.421 bits per heavy atom. The molecule has 178 valence electrons. The van der Waals surface area contributed by atoms with Gasteiger partial charge in [-0.15, -0.1) is 0 Å². The topological polar surface area (TPSA) is 4.93 Å². The minimum absolute atomic E-state index is 0.280. The highest BCUT2D eigenvalue weighted by Gasteiger charge is 2.29. The molecular formula is C37H25N. The van der Waals surface area contributed by atoms with E-state index in [1.165, 1.54) is 66.4 Å². The number of hydrogen-bond donors (Lipinski definition) is 0. The predicted octanol–water partition coefficient (Wildman–Crippen LogP) is 9.61. The van der Waals surface area contributed by atoms with Crippen molar-refractivity contribution in [1.29, 1.82) is 0 Å². The van der Waals surface area contributed by atoms with E-state index >= 15 is 0 Å². The molecule has 1 heterocycles. The monoisotopic (exact) mass is 483 g/mol. The standard InChI is InChI=1S/C37H25N/c1-3-11-25(12-4-1)37-31-17-8-7-15-29(31)33-23-26(19-21-32(33)37)27-20-22-36-34(24-27)30-16-9-10-18-35(30)38(36)28-13-5-2-6-14-28/h1-24,37H. The molecule has 0 fully saturated rings. The van der Waals surface area contributed by atoms with Crippen molar-refractivity contribution in [3.63, 3.8) is 0 Å². The fourth-order valence-corrected chi connectivity index (χ4v) is 6.39. The molecule has 1 aliphatic rings. The molecule has 0 saturated carbocycles. The van der Waals surface area contributed by atoms with Crippen LogP contribution in [0, 0.1) is 0 Å². The van der Waals surface area contributed by atoms with Gasteiger partial charge in [0.2, 0.25) is 0 Å². The maximum absolute atomic E-state index is 2.40. The van der Waals surface area contributed by atoms with E-state index in [-0.39, 0.29) is 5.92 Å². The third kappa shape index (κ3) is 3.12. The van der Waals surface area contributed by atoms with Crippen LogP contribution in [0.4, 0.5) is 0 Å². The average Bonchev–Trinajstić information content (AvgIpc) is 3.50. The Morgan fingerprint density at radius 3 is 1.92 bits per heavy atom. The third-order valence-electron chi connectivity index (χ3n) is 8.08. The van der Waals surface area contributed by atoms with Crippen molar-refractivity contribution in [2.75, 3.05) is 0 Å². The Kier molecular flexibility index (Phi) is 4.65. The molecule has 1 heteroatoms. The lowest BCUT2D eigenvalue weighted by atomic mass is 9.89. The second-order valence-corrected chi connectivity index (χ2v) is 10.2. The van der Waals surface area contributed by atoms with E-state index in [1.54, 1.807) is 0 Å². The van der Waals surface area contributed by atoms with Crippen molar-refractivity contribution in [1.82, 2.24) is 4.57 Å². The lowest BCUT2D eigenvalue weighted by Crippen LogP contribution is -1.98. The molecule has 0 saturated heterocycles. The molecule has 1 aromatic heterocycles. The third-order valence-corrected chi connectivity index (χ3v) is 8.08. The molecule has 0 aliphatic heterocycles. The molecule has 0 bridgehead atoms. The summed E-state index contributed by atoms with van der Waals surface area (Å²) in [6.07, 6.45) is 0. The van der Waals surface area contributed by atoms with Crippen molar-refractivity contribution in [2.45, 2.75) is 5.92 Å². The first-order chi connectivity index (χ1) is 18.9. The molecule has 8 rings (SSSR count). The van der Waals surface area contributed by atoms with Crippen molar-refractivity contribution < 1.29 is 0 Å². The Morgan fingerprint density at radius 2 is 1.05 bits per heavy atom. The van der Waals surface area contributed by atoms with Crippen molar-refractivity contribution in [3.8, 4) is 27.9 Å². The normalized spacial score (nSPS) is 14.1. The first-order valence-corrected chi connectivity index (χ1v) is 13.2. The molecule has 38 heavy (non-hydrogen) atoms. The zero-order valence-electron chi connectivity index (χ0n) is 20.9. The SMILES string of the molecule is c1ccc(C2c3ccccc3-c3cc(-c4ccc5c(c4)c4ccccc4n5-c4ccccc4)ccc32)cc1. The summed E-state index contributed by atoms with van der Waals surface area (Å²) in [4.78, 5) is 0. The summed E-state index contributed by atoms with van der Waals surface area (Å²) in [5.41, 5.74) is 13.0. The van der Waals surface area contributed by atoms with E-state index in [2.05, 4.69) is 150 Å². The summed E-state index contributed by atoms with van der Waals surface area (Å²) >= 11 is 0. The number of hydrogen-bond acceptors (Lipinski definition) is 0. The Hall–Kier alpha value is -4.88.